The van der Waals surface area contributed by atoms with Gasteiger partial charge in [-0.1, -0.05) is 69.6 Å². The Morgan fingerprint density at radius 3 is 1.73 bits per heavy atom. The highest BCUT2D eigenvalue weighted by Gasteiger charge is 2.33. The summed E-state index contributed by atoms with van der Waals surface area (Å²) in [6.07, 6.45) is 0. The molecule has 0 saturated heterocycles. The molecule has 0 fully saturated rings. The summed E-state index contributed by atoms with van der Waals surface area (Å²) in [7, 11) is 0. The van der Waals surface area contributed by atoms with Gasteiger partial charge in [0.1, 0.15) is 11.5 Å². The van der Waals surface area contributed by atoms with Gasteiger partial charge in [-0.05, 0) is 55.0 Å². The Hall–Kier alpha value is -0.680. The number of carbonyl (C=O) groups is 2. The van der Waals surface area contributed by atoms with Crippen LogP contribution in [0.15, 0.2) is 42.5 Å². The van der Waals surface area contributed by atoms with E-state index in [2.05, 4.69) is 0 Å². The van der Waals surface area contributed by atoms with E-state index < -0.39 is 19.2 Å². The lowest BCUT2D eigenvalue weighted by Gasteiger charge is -2.13. The molecule has 0 bridgehead atoms. The number of hydrogen-bond acceptors (Lipinski definition) is 3. The molecule has 0 atom stereocenters. The second-order valence-corrected chi connectivity index (χ2v) is 9.82. The number of Topliss-reactive ketones (excluding diaryl/α,β-unsaturated/α-hetero) is 2. The Kier molecular flexibility index (Phi) is 6.76. The summed E-state index contributed by atoms with van der Waals surface area (Å²) < 4.78 is 1.63. The molecule has 0 unspecified atom stereocenters. The van der Waals surface area contributed by atoms with Crippen molar-refractivity contribution in [3.05, 3.63) is 59.2 Å². The molecule has 0 N–H and O–H groups in total. The molecule has 2 rings (SSSR count). The van der Waals surface area contributed by atoms with Crippen molar-refractivity contribution >= 4 is 81.2 Å². The summed E-state index contributed by atoms with van der Waals surface area (Å²) in [5, 5.41) is 0. The van der Waals surface area contributed by atoms with Crippen molar-refractivity contribution in [2.45, 2.75) is 14.5 Å². The van der Waals surface area contributed by atoms with Crippen LogP contribution in [0.1, 0.15) is 26.3 Å². The first-order chi connectivity index (χ1) is 11.9. The molecular weight excluding hydrogens is 465 g/mol. The van der Waals surface area contributed by atoms with Gasteiger partial charge in [0.15, 0.2) is 0 Å². The molecule has 0 saturated carbocycles. The van der Waals surface area contributed by atoms with Crippen LogP contribution in [0.5, 0.6) is 11.5 Å². The third kappa shape index (κ3) is 5.41. The Morgan fingerprint density at radius 1 is 0.769 bits per heavy atom. The van der Waals surface area contributed by atoms with E-state index in [0.29, 0.717) is 17.1 Å². The van der Waals surface area contributed by atoms with Crippen LogP contribution in [0.4, 0.5) is 0 Å². The highest BCUT2D eigenvalue weighted by molar-refractivity contribution is 6.78. The molecule has 2 aromatic rings. The highest BCUT2D eigenvalue weighted by atomic mass is 35.6. The van der Waals surface area contributed by atoms with Crippen molar-refractivity contribution < 1.29 is 14.3 Å². The number of halogens is 6. The molecule has 26 heavy (non-hydrogen) atoms. The number of ether oxygens (including phenoxy) is 1. The Bertz CT molecular complexity index is 835. The summed E-state index contributed by atoms with van der Waals surface area (Å²) in [6.45, 7) is 1.69. The molecule has 9 heteroatoms. The van der Waals surface area contributed by atoms with Gasteiger partial charge in [0.2, 0.25) is 11.6 Å². The van der Waals surface area contributed by atoms with Crippen LogP contribution >= 0.6 is 69.6 Å². The largest absolute Gasteiger partial charge is 0.457 e. The molecule has 0 radical (unpaired) electrons. The van der Waals surface area contributed by atoms with Crippen molar-refractivity contribution in [3.63, 3.8) is 0 Å². The molecule has 0 aliphatic rings. The van der Waals surface area contributed by atoms with Gasteiger partial charge in [-0.15, -0.1) is 0 Å². The average Bonchev–Trinajstić information content (AvgIpc) is 2.53. The van der Waals surface area contributed by atoms with Gasteiger partial charge in [-0.2, -0.15) is 0 Å². The SMILES string of the molecule is Cc1cc(Oc2ccc(C(=O)C(Cl)(Cl)Cl)cc2)ccc1C(=O)C(Cl)(Cl)Cl. The van der Waals surface area contributed by atoms with Crippen molar-refractivity contribution in [2.75, 3.05) is 0 Å². The fourth-order valence-corrected chi connectivity index (χ4v) is 2.71. The van der Waals surface area contributed by atoms with E-state index >= 15 is 0 Å². The molecule has 0 heterocycles. The van der Waals surface area contributed by atoms with E-state index in [-0.39, 0.29) is 11.1 Å². The lowest BCUT2D eigenvalue weighted by molar-refractivity contribution is 0.0988. The predicted molar refractivity (Wildman–Crippen MR) is 107 cm³/mol. The fraction of sp³-hybridized carbons (Fsp3) is 0.176. The van der Waals surface area contributed by atoms with Crippen molar-refractivity contribution in [1.29, 1.82) is 0 Å². The van der Waals surface area contributed by atoms with Crippen molar-refractivity contribution in [1.82, 2.24) is 0 Å². The predicted octanol–water partition coefficient (Wildman–Crippen LogP) is 6.89. The average molecular weight is 475 g/mol. The van der Waals surface area contributed by atoms with E-state index in [1.807, 2.05) is 0 Å². The maximum atomic E-state index is 12.0. The van der Waals surface area contributed by atoms with Gasteiger partial charge in [0, 0.05) is 11.1 Å². The first-order valence-electron chi connectivity index (χ1n) is 7.01. The van der Waals surface area contributed by atoms with Gasteiger partial charge in [0.05, 0.1) is 0 Å². The number of rotatable bonds is 4. The second-order valence-electron chi connectivity index (χ2n) is 5.26. The number of ketones is 2. The van der Waals surface area contributed by atoms with Crippen LogP contribution in [-0.2, 0) is 0 Å². The molecule has 0 aliphatic carbocycles. The lowest BCUT2D eigenvalue weighted by atomic mass is 10.1. The minimum absolute atomic E-state index is 0.233. The Balaban J connectivity index is 2.18. The molecule has 0 aromatic heterocycles. The molecule has 3 nitrogen and oxygen atoms in total. The minimum atomic E-state index is -2.03. The summed E-state index contributed by atoms with van der Waals surface area (Å²) >= 11 is 33.6. The second kappa shape index (κ2) is 8.14. The van der Waals surface area contributed by atoms with Crippen LogP contribution in [0.2, 0.25) is 0 Å². The van der Waals surface area contributed by atoms with Gasteiger partial charge in [-0.25, -0.2) is 0 Å². The zero-order valence-corrected chi connectivity index (χ0v) is 17.6. The molecule has 0 aliphatic heterocycles. The standard InChI is InChI=1S/C17H10Cl6O3/c1-9-8-12(6-7-13(9)15(25)17(21,22)23)26-11-4-2-10(3-5-11)14(24)16(18,19)20/h2-8H,1H3. The molecule has 2 aromatic carbocycles. The van der Waals surface area contributed by atoms with Gasteiger partial charge in [0.25, 0.3) is 7.59 Å². The van der Waals surface area contributed by atoms with E-state index in [0.717, 1.165) is 0 Å². The quantitative estimate of drug-likeness (QED) is 0.358. The zero-order valence-electron chi connectivity index (χ0n) is 13.0. The van der Waals surface area contributed by atoms with Crippen LogP contribution in [0, 0.1) is 6.92 Å². The third-order valence-corrected chi connectivity index (χ3v) is 4.34. The highest BCUT2D eigenvalue weighted by Crippen LogP contribution is 2.34. The van der Waals surface area contributed by atoms with Crippen LogP contribution in [0.3, 0.4) is 0 Å². The maximum absolute atomic E-state index is 12.0. The number of aryl methyl sites for hydroxylation is 1. The summed E-state index contributed by atoms with van der Waals surface area (Å²) in [6, 6.07) is 10.8. The van der Waals surface area contributed by atoms with Crippen LogP contribution in [0.25, 0.3) is 0 Å². The van der Waals surface area contributed by atoms with E-state index in [1.165, 1.54) is 18.2 Å². The summed E-state index contributed by atoms with van der Waals surface area (Å²) in [4.78, 5) is 23.9. The minimum Gasteiger partial charge on any atom is -0.457 e. The van der Waals surface area contributed by atoms with E-state index in [4.69, 9.17) is 74.3 Å². The maximum Gasteiger partial charge on any atom is 0.253 e. The number of hydrogen-bond donors (Lipinski definition) is 0. The van der Waals surface area contributed by atoms with Crippen LogP contribution in [-0.4, -0.2) is 19.2 Å². The monoisotopic (exact) mass is 472 g/mol. The molecule has 0 spiro atoms. The molecular formula is C17H10Cl6O3. The van der Waals surface area contributed by atoms with Crippen molar-refractivity contribution in [3.8, 4) is 11.5 Å². The fourth-order valence-electron chi connectivity index (χ4n) is 2.08. The van der Waals surface area contributed by atoms with Gasteiger partial charge >= 0.3 is 0 Å². The smallest absolute Gasteiger partial charge is 0.253 e. The Morgan fingerprint density at radius 2 is 1.27 bits per heavy atom. The molecule has 0 amide bonds. The normalized spacial score (nSPS) is 12.0. The third-order valence-electron chi connectivity index (χ3n) is 3.31. The zero-order chi connectivity index (χ0) is 19.7. The van der Waals surface area contributed by atoms with E-state index in [9.17, 15) is 9.59 Å². The summed E-state index contributed by atoms with van der Waals surface area (Å²) in [5.41, 5.74) is 1.10. The van der Waals surface area contributed by atoms with Gasteiger partial charge < -0.3 is 4.74 Å². The number of carbonyl (C=O) groups excluding carboxylic acids is 2. The molecule has 138 valence electrons. The van der Waals surface area contributed by atoms with Crippen LogP contribution < -0.4 is 4.74 Å². The van der Waals surface area contributed by atoms with Gasteiger partial charge in [-0.3, -0.25) is 9.59 Å². The van der Waals surface area contributed by atoms with E-state index in [1.54, 1.807) is 31.2 Å². The van der Waals surface area contributed by atoms with Crippen molar-refractivity contribution in [2.24, 2.45) is 0 Å². The number of alkyl halides is 6. The topological polar surface area (TPSA) is 43.4 Å². The summed E-state index contributed by atoms with van der Waals surface area (Å²) in [5.74, 6) is -0.352. The first kappa shape index (κ1) is 21.6. The Labute approximate surface area is 180 Å². The lowest BCUT2D eigenvalue weighted by Crippen LogP contribution is -2.19. The number of benzene rings is 2. The first-order valence-corrected chi connectivity index (χ1v) is 9.28.